The van der Waals surface area contributed by atoms with E-state index in [1.54, 1.807) is 0 Å². The van der Waals surface area contributed by atoms with Crippen LogP contribution in [-0.2, 0) is 6.42 Å². The molecule has 8 heteroatoms. The smallest absolute Gasteiger partial charge is 0.208 e. The lowest BCUT2D eigenvalue weighted by molar-refractivity contribution is -0.189. The molecule has 0 fully saturated rings. The van der Waals surface area contributed by atoms with Crippen LogP contribution < -0.4 is 0 Å². The molecule has 0 radical (unpaired) electrons. The fraction of sp³-hybridized carbons (Fsp3) is 0.571. The van der Waals surface area contributed by atoms with Crippen LogP contribution in [0.4, 0.5) is 26.3 Å². The summed E-state index contributed by atoms with van der Waals surface area (Å²) in [6.45, 7) is 3.32. The largest absolute Gasteiger partial charge is 0.364 e. The van der Waals surface area contributed by atoms with Crippen molar-refractivity contribution in [2.75, 3.05) is 0 Å². The van der Waals surface area contributed by atoms with Crippen LogP contribution >= 0.6 is 27.3 Å². The molecular formula is C14H13BrF6S. The zero-order chi connectivity index (χ0) is 16.9. The summed E-state index contributed by atoms with van der Waals surface area (Å²) >= 11 is 4.26. The van der Waals surface area contributed by atoms with Gasteiger partial charge in [0.2, 0.25) is 5.83 Å². The summed E-state index contributed by atoms with van der Waals surface area (Å²) in [6.07, 6.45) is 1.72. The van der Waals surface area contributed by atoms with Gasteiger partial charge in [0.15, 0.2) is 5.83 Å². The average molecular weight is 407 g/mol. The first kappa shape index (κ1) is 17.8. The minimum atomic E-state index is -5.12. The highest BCUT2D eigenvalue weighted by Crippen LogP contribution is 2.61. The Morgan fingerprint density at radius 3 is 2.23 bits per heavy atom. The Labute approximate surface area is 136 Å². The molecule has 1 aromatic rings. The molecule has 0 saturated heterocycles. The minimum absolute atomic E-state index is 0.222. The Bertz CT molecular complexity index is 619. The molecule has 0 saturated carbocycles. The highest BCUT2D eigenvalue weighted by Gasteiger charge is 2.72. The summed E-state index contributed by atoms with van der Waals surface area (Å²) in [6, 6.07) is 0. The van der Waals surface area contributed by atoms with E-state index in [-0.39, 0.29) is 10.4 Å². The molecule has 22 heavy (non-hydrogen) atoms. The Kier molecular flexibility index (Phi) is 4.75. The van der Waals surface area contributed by atoms with E-state index in [1.807, 2.05) is 6.92 Å². The number of alkyl halides is 4. The maximum absolute atomic E-state index is 14.0. The molecule has 1 aliphatic carbocycles. The summed E-state index contributed by atoms with van der Waals surface area (Å²) in [5.74, 6) is -17.2. The van der Waals surface area contributed by atoms with Gasteiger partial charge in [-0.2, -0.15) is 17.6 Å². The van der Waals surface area contributed by atoms with E-state index in [0.717, 1.165) is 17.8 Å². The van der Waals surface area contributed by atoms with Gasteiger partial charge in [-0.15, -0.1) is 11.3 Å². The molecule has 1 aromatic heterocycles. The molecule has 0 bridgehead atoms. The molecule has 0 N–H and O–H groups in total. The predicted octanol–water partition coefficient (Wildman–Crippen LogP) is 6.68. The van der Waals surface area contributed by atoms with E-state index >= 15 is 0 Å². The van der Waals surface area contributed by atoms with E-state index in [0.29, 0.717) is 22.2 Å². The van der Waals surface area contributed by atoms with Crippen molar-refractivity contribution in [3.63, 3.8) is 0 Å². The van der Waals surface area contributed by atoms with Crippen LogP contribution in [0.1, 0.15) is 41.7 Å². The molecule has 1 unspecified atom stereocenters. The first-order valence-corrected chi connectivity index (χ1v) is 8.27. The van der Waals surface area contributed by atoms with Crippen LogP contribution in [-0.4, -0.2) is 11.8 Å². The highest BCUT2D eigenvalue weighted by atomic mass is 79.9. The van der Waals surface area contributed by atoms with E-state index in [9.17, 15) is 26.3 Å². The van der Waals surface area contributed by atoms with Crippen LogP contribution in [0.5, 0.6) is 0 Å². The van der Waals surface area contributed by atoms with E-state index in [2.05, 4.69) is 15.9 Å². The summed E-state index contributed by atoms with van der Waals surface area (Å²) in [5.41, 5.74) is 0.134. The summed E-state index contributed by atoms with van der Waals surface area (Å²) < 4.78 is 82.4. The molecule has 1 atom stereocenters. The first-order valence-electron chi connectivity index (χ1n) is 6.66. The van der Waals surface area contributed by atoms with Gasteiger partial charge < -0.3 is 0 Å². The quantitative estimate of drug-likeness (QED) is 0.489. The van der Waals surface area contributed by atoms with Crippen LogP contribution in [0, 0.1) is 6.92 Å². The van der Waals surface area contributed by atoms with Gasteiger partial charge in [0, 0.05) is 4.88 Å². The van der Waals surface area contributed by atoms with E-state index < -0.39 is 29.4 Å². The molecule has 0 aromatic carbocycles. The maximum atomic E-state index is 14.0. The lowest BCUT2D eigenvalue weighted by Gasteiger charge is -2.25. The third kappa shape index (κ3) is 2.42. The lowest BCUT2D eigenvalue weighted by atomic mass is 9.89. The molecule has 0 aliphatic heterocycles. The summed E-state index contributed by atoms with van der Waals surface area (Å²) in [7, 11) is 0. The normalized spacial score (nSPS) is 23.4. The van der Waals surface area contributed by atoms with Gasteiger partial charge in [0.1, 0.15) is 5.92 Å². The van der Waals surface area contributed by atoms with Crippen molar-refractivity contribution in [3.8, 4) is 0 Å². The fourth-order valence-corrected chi connectivity index (χ4v) is 4.70. The number of hydrogen-bond donors (Lipinski definition) is 0. The van der Waals surface area contributed by atoms with Gasteiger partial charge in [-0.3, -0.25) is 0 Å². The molecule has 1 aliphatic rings. The number of hydrogen-bond acceptors (Lipinski definition) is 1. The summed E-state index contributed by atoms with van der Waals surface area (Å²) in [5, 5.41) is 0. The third-order valence-corrected chi connectivity index (χ3v) is 5.69. The Balaban J connectivity index is 2.62. The van der Waals surface area contributed by atoms with Crippen molar-refractivity contribution in [2.45, 2.75) is 50.9 Å². The zero-order valence-corrected chi connectivity index (χ0v) is 14.2. The molecule has 2 rings (SSSR count). The van der Waals surface area contributed by atoms with Crippen LogP contribution in [0.15, 0.2) is 15.4 Å². The summed E-state index contributed by atoms with van der Waals surface area (Å²) in [4.78, 5) is 0.281. The van der Waals surface area contributed by atoms with Gasteiger partial charge in [0.25, 0.3) is 0 Å². The second-order valence-electron chi connectivity index (χ2n) is 5.22. The van der Waals surface area contributed by atoms with Crippen molar-refractivity contribution >= 4 is 27.3 Å². The SMILES string of the molecule is CCCCc1c(Br)sc(C)c1C1C(F)=C(F)C(F)(F)C1(F)F. The van der Waals surface area contributed by atoms with Gasteiger partial charge in [-0.1, -0.05) is 13.3 Å². The molecule has 0 nitrogen and oxygen atoms in total. The standard InChI is InChI=1S/C14H13BrF6S/c1-3-4-5-7-8(6(2)22-12(7)15)9-10(16)11(17)14(20,21)13(9,18)19/h9H,3-5H2,1-2H3. The van der Waals surface area contributed by atoms with Crippen molar-refractivity contribution < 1.29 is 26.3 Å². The second-order valence-corrected chi connectivity index (χ2v) is 7.76. The fourth-order valence-electron chi connectivity index (χ4n) is 2.60. The van der Waals surface area contributed by atoms with Gasteiger partial charge >= 0.3 is 11.8 Å². The average Bonchev–Trinajstić information content (AvgIpc) is 2.74. The number of halogens is 7. The van der Waals surface area contributed by atoms with Gasteiger partial charge in [-0.25, -0.2) is 8.78 Å². The van der Waals surface area contributed by atoms with Crippen LogP contribution in [0.3, 0.4) is 0 Å². The van der Waals surface area contributed by atoms with Crippen LogP contribution in [0.25, 0.3) is 0 Å². The number of rotatable bonds is 4. The van der Waals surface area contributed by atoms with Crippen molar-refractivity contribution in [1.82, 2.24) is 0 Å². The minimum Gasteiger partial charge on any atom is -0.208 e. The van der Waals surface area contributed by atoms with Crippen molar-refractivity contribution in [2.24, 2.45) is 0 Å². The van der Waals surface area contributed by atoms with Crippen molar-refractivity contribution in [1.29, 1.82) is 0 Å². The molecule has 0 amide bonds. The van der Waals surface area contributed by atoms with Gasteiger partial charge in [0.05, 0.1) is 3.79 Å². The molecule has 0 spiro atoms. The van der Waals surface area contributed by atoms with E-state index in [4.69, 9.17) is 0 Å². The molecule has 1 heterocycles. The maximum Gasteiger partial charge on any atom is 0.364 e. The second kappa shape index (κ2) is 5.85. The third-order valence-electron chi connectivity index (χ3n) is 3.77. The molecule has 124 valence electrons. The predicted molar refractivity (Wildman–Crippen MR) is 77.2 cm³/mol. The number of thiophene rings is 1. The zero-order valence-electron chi connectivity index (χ0n) is 11.8. The van der Waals surface area contributed by atoms with Gasteiger partial charge in [-0.05, 0) is 46.8 Å². The number of allylic oxidation sites excluding steroid dienone is 2. The lowest BCUT2D eigenvalue weighted by Crippen LogP contribution is -2.41. The monoisotopic (exact) mass is 406 g/mol. The number of unbranched alkanes of at least 4 members (excludes halogenated alkanes) is 1. The van der Waals surface area contributed by atoms with Crippen LogP contribution in [0.2, 0.25) is 0 Å². The highest BCUT2D eigenvalue weighted by molar-refractivity contribution is 9.11. The number of aryl methyl sites for hydroxylation is 1. The van der Waals surface area contributed by atoms with Crippen molar-refractivity contribution in [3.05, 3.63) is 31.4 Å². The Hall–Kier alpha value is -0.500. The topological polar surface area (TPSA) is 0 Å². The first-order chi connectivity index (χ1) is 10.1. The Morgan fingerprint density at radius 1 is 1.18 bits per heavy atom. The van der Waals surface area contributed by atoms with E-state index in [1.165, 1.54) is 6.92 Å². The Morgan fingerprint density at radius 2 is 1.77 bits per heavy atom. The molecular weight excluding hydrogens is 394 g/mol.